The van der Waals surface area contributed by atoms with Crippen molar-refractivity contribution >= 4 is 0 Å². The molecular weight excluding hydrogens is 214 g/mol. The molecule has 2 heterocycles. The largest absolute Gasteiger partial charge is 0.361 e. The first-order valence-electron chi connectivity index (χ1n) is 5.97. The second-order valence-electron chi connectivity index (χ2n) is 4.26. The van der Waals surface area contributed by atoms with Gasteiger partial charge in [0.1, 0.15) is 5.76 Å². The van der Waals surface area contributed by atoms with E-state index in [1.54, 1.807) is 0 Å². The fraction of sp³-hybridized carbons (Fsp3) is 0.462. The maximum absolute atomic E-state index is 5.13. The van der Waals surface area contributed by atoms with Crippen molar-refractivity contribution in [1.29, 1.82) is 0 Å². The molecule has 0 aliphatic heterocycles. The highest BCUT2D eigenvalue weighted by Crippen LogP contribution is 2.11. The Kier molecular flexibility index (Phi) is 3.64. The average Bonchev–Trinajstić information content (AvgIpc) is 2.90. The Bertz CT molecular complexity index is 465. The van der Waals surface area contributed by atoms with E-state index in [-0.39, 0.29) is 0 Å². The smallest absolute Gasteiger partial charge is 0.138 e. The van der Waals surface area contributed by atoms with Crippen LogP contribution < -0.4 is 5.32 Å². The maximum atomic E-state index is 5.13. The van der Waals surface area contributed by atoms with Crippen molar-refractivity contribution in [2.45, 2.75) is 40.4 Å². The zero-order valence-corrected chi connectivity index (χ0v) is 10.7. The minimum absolute atomic E-state index is 0.804. The first-order valence-corrected chi connectivity index (χ1v) is 5.97. The molecule has 0 bridgehead atoms. The van der Waals surface area contributed by atoms with Gasteiger partial charge in [-0.05, 0) is 32.4 Å². The van der Waals surface area contributed by atoms with E-state index in [0.717, 1.165) is 31.1 Å². The second kappa shape index (κ2) is 5.19. The maximum Gasteiger partial charge on any atom is 0.138 e. The van der Waals surface area contributed by atoms with Gasteiger partial charge in [-0.1, -0.05) is 5.16 Å². The predicted octanol–water partition coefficient (Wildman–Crippen LogP) is 2.40. The molecule has 2 rings (SSSR count). The summed E-state index contributed by atoms with van der Waals surface area (Å²) in [6.07, 6.45) is 4.27. The van der Waals surface area contributed by atoms with Crippen molar-refractivity contribution in [3.63, 3.8) is 0 Å². The Morgan fingerprint density at radius 1 is 1.35 bits per heavy atom. The molecule has 0 saturated carbocycles. The normalized spacial score (nSPS) is 11.0. The van der Waals surface area contributed by atoms with Gasteiger partial charge in [0.25, 0.3) is 0 Å². The standard InChI is InChI=1S/C13H19N3O/c1-4-16-6-5-12(9-16)7-14-8-13-10(2)15-17-11(13)3/h5-6,9,14H,4,7-8H2,1-3H3. The van der Waals surface area contributed by atoms with E-state index in [4.69, 9.17) is 4.52 Å². The van der Waals surface area contributed by atoms with Crippen molar-refractivity contribution < 1.29 is 4.52 Å². The van der Waals surface area contributed by atoms with Crippen LogP contribution in [0.4, 0.5) is 0 Å². The fourth-order valence-corrected chi connectivity index (χ4v) is 1.88. The lowest BCUT2D eigenvalue weighted by molar-refractivity contribution is 0.392. The van der Waals surface area contributed by atoms with E-state index in [9.17, 15) is 0 Å². The van der Waals surface area contributed by atoms with Crippen LogP contribution in [0.2, 0.25) is 0 Å². The first-order chi connectivity index (χ1) is 8.20. The third-order valence-corrected chi connectivity index (χ3v) is 2.99. The third kappa shape index (κ3) is 2.77. The summed E-state index contributed by atoms with van der Waals surface area (Å²) >= 11 is 0. The van der Waals surface area contributed by atoms with Gasteiger partial charge in [0.05, 0.1) is 5.69 Å². The molecule has 0 saturated heterocycles. The van der Waals surface area contributed by atoms with E-state index in [2.05, 4.69) is 40.4 Å². The molecule has 0 spiro atoms. The van der Waals surface area contributed by atoms with Gasteiger partial charge in [-0.25, -0.2) is 0 Å². The number of hydrogen-bond acceptors (Lipinski definition) is 3. The summed E-state index contributed by atoms with van der Waals surface area (Å²) in [5, 5.41) is 7.35. The Labute approximate surface area is 102 Å². The lowest BCUT2D eigenvalue weighted by atomic mass is 10.2. The van der Waals surface area contributed by atoms with Crippen LogP contribution in [-0.4, -0.2) is 9.72 Å². The van der Waals surface area contributed by atoms with Crippen LogP contribution in [0.1, 0.15) is 29.5 Å². The van der Waals surface area contributed by atoms with E-state index in [1.807, 2.05) is 13.8 Å². The monoisotopic (exact) mass is 233 g/mol. The topological polar surface area (TPSA) is 43.0 Å². The molecule has 0 unspecified atom stereocenters. The lowest BCUT2D eigenvalue weighted by Crippen LogP contribution is -2.13. The van der Waals surface area contributed by atoms with E-state index in [0.29, 0.717) is 0 Å². The average molecular weight is 233 g/mol. The minimum Gasteiger partial charge on any atom is -0.361 e. The molecule has 0 radical (unpaired) electrons. The number of rotatable bonds is 5. The molecule has 0 fully saturated rings. The molecule has 4 nitrogen and oxygen atoms in total. The van der Waals surface area contributed by atoms with Gasteiger partial charge in [0.2, 0.25) is 0 Å². The third-order valence-electron chi connectivity index (χ3n) is 2.99. The van der Waals surface area contributed by atoms with Crippen molar-refractivity contribution in [1.82, 2.24) is 15.0 Å². The molecule has 0 atom stereocenters. The molecule has 2 aromatic rings. The molecule has 92 valence electrons. The fourth-order valence-electron chi connectivity index (χ4n) is 1.88. The lowest BCUT2D eigenvalue weighted by Gasteiger charge is -2.02. The quantitative estimate of drug-likeness (QED) is 0.862. The van der Waals surface area contributed by atoms with Gasteiger partial charge in [-0.2, -0.15) is 0 Å². The van der Waals surface area contributed by atoms with Crippen molar-refractivity contribution in [3.8, 4) is 0 Å². The van der Waals surface area contributed by atoms with Crippen molar-refractivity contribution in [3.05, 3.63) is 41.0 Å². The molecule has 1 N–H and O–H groups in total. The summed E-state index contributed by atoms with van der Waals surface area (Å²) in [5.41, 5.74) is 3.44. The Balaban J connectivity index is 1.87. The number of hydrogen-bond donors (Lipinski definition) is 1. The second-order valence-corrected chi connectivity index (χ2v) is 4.26. The van der Waals surface area contributed by atoms with Crippen LogP contribution in [0.25, 0.3) is 0 Å². The van der Waals surface area contributed by atoms with Crippen LogP contribution >= 0.6 is 0 Å². The summed E-state index contributed by atoms with van der Waals surface area (Å²) < 4.78 is 7.30. The highest BCUT2D eigenvalue weighted by atomic mass is 16.5. The van der Waals surface area contributed by atoms with Crippen LogP contribution in [0.5, 0.6) is 0 Å². The summed E-state index contributed by atoms with van der Waals surface area (Å²) in [5.74, 6) is 0.904. The number of nitrogens with one attached hydrogen (secondary N) is 1. The Morgan fingerprint density at radius 3 is 2.76 bits per heavy atom. The van der Waals surface area contributed by atoms with Crippen LogP contribution in [0, 0.1) is 13.8 Å². The zero-order valence-electron chi connectivity index (χ0n) is 10.7. The van der Waals surface area contributed by atoms with E-state index in [1.165, 1.54) is 11.1 Å². The number of aromatic nitrogens is 2. The highest BCUT2D eigenvalue weighted by molar-refractivity contribution is 5.20. The summed E-state index contributed by atoms with van der Waals surface area (Å²) in [7, 11) is 0. The van der Waals surface area contributed by atoms with Gasteiger partial charge >= 0.3 is 0 Å². The van der Waals surface area contributed by atoms with Gasteiger partial charge in [0, 0.05) is 37.6 Å². The molecule has 0 aliphatic rings. The van der Waals surface area contributed by atoms with Crippen LogP contribution in [-0.2, 0) is 19.6 Å². The van der Waals surface area contributed by atoms with Crippen molar-refractivity contribution in [2.75, 3.05) is 0 Å². The molecule has 0 amide bonds. The summed E-state index contributed by atoms with van der Waals surface area (Å²) in [6.45, 7) is 8.76. The zero-order chi connectivity index (χ0) is 12.3. The number of aryl methyl sites for hydroxylation is 3. The molecule has 0 aromatic carbocycles. The van der Waals surface area contributed by atoms with Gasteiger partial charge in [0.15, 0.2) is 0 Å². The number of nitrogens with zero attached hydrogens (tertiary/aromatic N) is 2. The van der Waals surface area contributed by atoms with Crippen molar-refractivity contribution in [2.24, 2.45) is 0 Å². The molecule has 2 aromatic heterocycles. The Morgan fingerprint density at radius 2 is 2.18 bits per heavy atom. The van der Waals surface area contributed by atoms with Crippen LogP contribution in [0.3, 0.4) is 0 Å². The van der Waals surface area contributed by atoms with Gasteiger partial charge in [-0.15, -0.1) is 0 Å². The summed E-state index contributed by atoms with van der Waals surface area (Å²) in [6, 6.07) is 2.14. The van der Waals surface area contributed by atoms with Gasteiger partial charge in [-0.3, -0.25) is 0 Å². The molecular formula is C13H19N3O. The highest BCUT2D eigenvalue weighted by Gasteiger charge is 2.07. The summed E-state index contributed by atoms with van der Waals surface area (Å²) in [4.78, 5) is 0. The van der Waals surface area contributed by atoms with Crippen LogP contribution in [0.15, 0.2) is 23.0 Å². The predicted molar refractivity (Wildman–Crippen MR) is 66.6 cm³/mol. The molecule has 17 heavy (non-hydrogen) atoms. The SMILES string of the molecule is CCn1ccc(CNCc2c(C)noc2C)c1. The molecule has 4 heteroatoms. The van der Waals surface area contributed by atoms with Gasteiger partial charge < -0.3 is 14.4 Å². The minimum atomic E-state index is 0.804. The van der Waals surface area contributed by atoms with E-state index < -0.39 is 0 Å². The molecule has 0 aliphatic carbocycles. The first kappa shape index (κ1) is 11.9. The van der Waals surface area contributed by atoms with E-state index >= 15 is 0 Å². The Hall–Kier alpha value is -1.55.